The number of nitrogens with one attached hydrogen (secondary N) is 1. The van der Waals surface area contributed by atoms with Crippen LogP contribution in [0, 0.1) is 0 Å². The van der Waals surface area contributed by atoms with Gasteiger partial charge in [-0.3, -0.25) is 4.79 Å². The molecule has 1 unspecified atom stereocenters. The van der Waals surface area contributed by atoms with Crippen LogP contribution in [0.25, 0.3) is 0 Å². The lowest BCUT2D eigenvalue weighted by Gasteiger charge is -2.32. The molecule has 0 saturated carbocycles. The summed E-state index contributed by atoms with van der Waals surface area (Å²) in [4.78, 5) is 22.1. The summed E-state index contributed by atoms with van der Waals surface area (Å²) in [5.74, 6) is 0.719. The fourth-order valence-electron chi connectivity index (χ4n) is 2.94. The van der Waals surface area contributed by atoms with Crippen molar-refractivity contribution in [2.45, 2.75) is 19.6 Å². The third-order valence-corrected chi connectivity index (χ3v) is 5.82. The van der Waals surface area contributed by atoms with Gasteiger partial charge in [-0.1, -0.05) is 0 Å². The molecule has 7 nitrogen and oxygen atoms in total. The van der Waals surface area contributed by atoms with E-state index in [1.54, 1.807) is 26.3 Å². The van der Waals surface area contributed by atoms with Crippen LogP contribution >= 0.6 is 11.3 Å². The Morgan fingerprint density at radius 3 is 2.74 bits per heavy atom. The summed E-state index contributed by atoms with van der Waals surface area (Å²) in [7, 11) is 3.68. The highest BCUT2D eigenvalue weighted by Crippen LogP contribution is 2.28. The van der Waals surface area contributed by atoms with Crippen LogP contribution in [-0.4, -0.2) is 66.1 Å². The highest BCUT2D eigenvalue weighted by Gasteiger charge is 2.21. The number of carbonyl (C=O) groups is 1. The number of ether oxygens (including phenoxy) is 1. The predicted octanol–water partition coefficient (Wildman–Crippen LogP) is 2.20. The number of thiazole rings is 1. The largest absolute Gasteiger partial charge is 0.495 e. The quantitative estimate of drug-likeness (QED) is 0.787. The molecule has 0 radical (unpaired) electrons. The van der Waals surface area contributed by atoms with Gasteiger partial charge < -0.3 is 25.0 Å². The monoisotopic (exact) mass is 390 g/mol. The molecule has 1 fully saturated rings. The maximum Gasteiger partial charge on any atom is 0.254 e. The number of hydrogen-bond donors (Lipinski definition) is 2. The normalized spacial score (nSPS) is 16.2. The van der Waals surface area contributed by atoms with E-state index in [0.29, 0.717) is 17.9 Å². The molecule has 2 heterocycles. The molecule has 27 heavy (non-hydrogen) atoms. The van der Waals surface area contributed by atoms with Gasteiger partial charge in [0, 0.05) is 37.9 Å². The number of aliphatic hydroxyl groups is 1. The molecule has 1 atom stereocenters. The number of hydrogen-bond acceptors (Lipinski definition) is 7. The van der Waals surface area contributed by atoms with Crippen molar-refractivity contribution in [3.05, 3.63) is 39.8 Å². The molecule has 3 rings (SSSR count). The molecule has 146 valence electrons. The molecule has 0 aliphatic carbocycles. The molecule has 1 aromatic carbocycles. The van der Waals surface area contributed by atoms with Crippen LogP contribution in [-0.2, 0) is 6.54 Å². The first-order chi connectivity index (χ1) is 13.0. The maximum atomic E-state index is 12.8. The number of methoxy groups -OCH3 is 1. The van der Waals surface area contributed by atoms with E-state index in [4.69, 9.17) is 4.74 Å². The first-order valence-electron chi connectivity index (χ1n) is 9.00. The molecule has 0 bridgehead atoms. The fraction of sp³-hybridized carbons (Fsp3) is 0.474. The number of benzene rings is 1. The van der Waals surface area contributed by atoms with Crippen molar-refractivity contribution in [3.8, 4) is 5.75 Å². The highest BCUT2D eigenvalue weighted by atomic mass is 32.1. The Morgan fingerprint density at radius 1 is 1.37 bits per heavy atom. The van der Waals surface area contributed by atoms with Gasteiger partial charge in [0.15, 0.2) is 0 Å². The van der Waals surface area contributed by atoms with Crippen molar-refractivity contribution in [2.75, 3.05) is 45.7 Å². The third kappa shape index (κ3) is 4.77. The molecular formula is C19H26N4O3S. The average molecular weight is 391 g/mol. The topological polar surface area (TPSA) is 77.9 Å². The van der Waals surface area contributed by atoms with E-state index in [1.807, 2.05) is 17.0 Å². The van der Waals surface area contributed by atoms with Crippen LogP contribution in [0.3, 0.4) is 0 Å². The Morgan fingerprint density at radius 2 is 2.11 bits per heavy atom. The third-order valence-electron chi connectivity index (χ3n) is 4.65. The number of amides is 1. The van der Waals surface area contributed by atoms with E-state index in [2.05, 4.69) is 22.2 Å². The molecule has 0 spiro atoms. The number of anilines is 1. The number of likely N-dealkylation sites (N-methyl/N-ethyl adjacent to an activating group) is 1. The molecular weight excluding hydrogens is 364 g/mol. The lowest BCUT2D eigenvalue weighted by atomic mass is 10.1. The van der Waals surface area contributed by atoms with E-state index in [-0.39, 0.29) is 5.91 Å². The van der Waals surface area contributed by atoms with Gasteiger partial charge in [0.25, 0.3) is 5.91 Å². The lowest BCUT2D eigenvalue weighted by molar-refractivity contribution is 0.0664. The van der Waals surface area contributed by atoms with E-state index < -0.39 is 6.10 Å². The number of nitrogens with zero attached hydrogens (tertiary/aromatic N) is 3. The first-order valence-corrected chi connectivity index (χ1v) is 9.82. The zero-order chi connectivity index (χ0) is 19.4. The molecule has 8 heteroatoms. The summed E-state index contributed by atoms with van der Waals surface area (Å²) in [5.41, 5.74) is 1.40. The average Bonchev–Trinajstić information content (AvgIpc) is 3.15. The number of rotatable bonds is 6. The molecule has 1 aliphatic heterocycles. The second-order valence-electron chi connectivity index (χ2n) is 6.70. The minimum absolute atomic E-state index is 0.0412. The molecule has 1 amide bonds. The van der Waals surface area contributed by atoms with E-state index in [1.165, 1.54) is 11.3 Å². The zero-order valence-corrected chi connectivity index (χ0v) is 16.8. The van der Waals surface area contributed by atoms with Gasteiger partial charge >= 0.3 is 0 Å². The van der Waals surface area contributed by atoms with Gasteiger partial charge in [0.2, 0.25) is 0 Å². The number of carbonyl (C=O) groups excluding carboxylic acids is 1. The summed E-state index contributed by atoms with van der Waals surface area (Å²) in [6, 6.07) is 5.46. The van der Waals surface area contributed by atoms with E-state index >= 15 is 0 Å². The number of aromatic nitrogens is 1. The van der Waals surface area contributed by atoms with Gasteiger partial charge in [-0.2, -0.15) is 0 Å². The van der Waals surface area contributed by atoms with Gasteiger partial charge in [-0.25, -0.2) is 4.98 Å². The Balaban J connectivity index is 1.71. The smallest absolute Gasteiger partial charge is 0.254 e. The molecule has 1 saturated heterocycles. The predicted molar refractivity (Wildman–Crippen MR) is 106 cm³/mol. The summed E-state index contributed by atoms with van der Waals surface area (Å²) in [6.45, 7) is 5.49. The van der Waals surface area contributed by atoms with Crippen molar-refractivity contribution in [2.24, 2.45) is 0 Å². The highest BCUT2D eigenvalue weighted by molar-refractivity contribution is 7.11. The Kier molecular flexibility index (Phi) is 6.30. The van der Waals surface area contributed by atoms with E-state index in [0.717, 1.165) is 41.8 Å². The van der Waals surface area contributed by atoms with Crippen LogP contribution in [0.15, 0.2) is 24.4 Å². The zero-order valence-electron chi connectivity index (χ0n) is 15.9. The van der Waals surface area contributed by atoms with Crippen LogP contribution in [0.5, 0.6) is 5.75 Å². The second kappa shape index (κ2) is 8.69. The number of aliphatic hydroxyl groups excluding tert-OH is 1. The van der Waals surface area contributed by atoms with Crippen molar-refractivity contribution in [1.82, 2.24) is 14.8 Å². The van der Waals surface area contributed by atoms with Crippen molar-refractivity contribution >= 4 is 22.9 Å². The minimum Gasteiger partial charge on any atom is -0.495 e. The van der Waals surface area contributed by atoms with Gasteiger partial charge in [0.1, 0.15) is 10.8 Å². The molecule has 2 N–H and O–H groups in total. The van der Waals surface area contributed by atoms with Crippen molar-refractivity contribution in [1.29, 1.82) is 0 Å². The van der Waals surface area contributed by atoms with Crippen molar-refractivity contribution < 1.29 is 14.6 Å². The SMILES string of the molecule is COc1ccc(C(=O)N2CCN(C)CC2)cc1NCc1ncc(C(C)O)s1. The maximum absolute atomic E-state index is 12.8. The van der Waals surface area contributed by atoms with Gasteiger partial charge in [0.05, 0.1) is 30.3 Å². The van der Waals surface area contributed by atoms with Crippen molar-refractivity contribution in [3.63, 3.8) is 0 Å². The Bertz CT molecular complexity index is 785. The lowest BCUT2D eigenvalue weighted by Crippen LogP contribution is -2.47. The Hall–Kier alpha value is -2.16. The molecule has 1 aromatic heterocycles. The van der Waals surface area contributed by atoms with Crippen LogP contribution in [0.1, 0.15) is 33.3 Å². The van der Waals surface area contributed by atoms with Crippen LogP contribution in [0.2, 0.25) is 0 Å². The summed E-state index contributed by atoms with van der Waals surface area (Å²) in [5, 5.41) is 13.8. The van der Waals surface area contributed by atoms with Crippen LogP contribution in [0.4, 0.5) is 5.69 Å². The fourth-order valence-corrected chi connectivity index (χ4v) is 3.74. The van der Waals surface area contributed by atoms with Crippen LogP contribution < -0.4 is 10.1 Å². The molecule has 1 aliphatic rings. The molecule has 2 aromatic rings. The Labute approximate surface area is 163 Å². The minimum atomic E-state index is -0.518. The van der Waals surface area contributed by atoms with Gasteiger partial charge in [-0.05, 0) is 32.2 Å². The van der Waals surface area contributed by atoms with Gasteiger partial charge in [-0.15, -0.1) is 11.3 Å². The number of piperazine rings is 1. The summed E-state index contributed by atoms with van der Waals surface area (Å²) < 4.78 is 5.42. The standard InChI is InChI=1S/C19H26N4O3S/c1-13(24)17-11-21-18(27-17)12-20-15-10-14(4-5-16(15)26-3)19(25)23-8-6-22(2)7-9-23/h4-5,10-11,13,20,24H,6-9,12H2,1-3H3. The second-order valence-corrected chi connectivity index (χ2v) is 7.84. The summed E-state index contributed by atoms with van der Waals surface area (Å²) in [6.07, 6.45) is 1.17. The summed E-state index contributed by atoms with van der Waals surface area (Å²) >= 11 is 1.46. The first kappa shape index (κ1) is 19.6. The van der Waals surface area contributed by atoms with E-state index in [9.17, 15) is 9.90 Å².